The van der Waals surface area contributed by atoms with Crippen LogP contribution >= 0.6 is 15.9 Å². The summed E-state index contributed by atoms with van der Waals surface area (Å²) in [7, 11) is 0. The molecule has 5 heteroatoms. The van der Waals surface area contributed by atoms with E-state index in [1.807, 2.05) is 27.8 Å². The number of nitrogens with zero attached hydrogens (tertiary/aromatic N) is 2. The van der Waals surface area contributed by atoms with Crippen LogP contribution in [0.1, 0.15) is 32.1 Å². The highest BCUT2D eigenvalue weighted by Gasteiger charge is 2.43. The minimum Gasteiger partial charge on any atom is -0.389 e. The van der Waals surface area contributed by atoms with Gasteiger partial charge in [-0.15, -0.1) is 0 Å². The molecule has 1 aromatic heterocycles. The summed E-state index contributed by atoms with van der Waals surface area (Å²) in [5, 5.41) is 11.9. The van der Waals surface area contributed by atoms with Crippen molar-refractivity contribution in [3.63, 3.8) is 0 Å². The number of hydrogen-bond acceptors (Lipinski definition) is 2. The molecule has 0 unspecified atom stereocenters. The predicted octanol–water partition coefficient (Wildman–Crippen LogP) is 3.56. The number of piperidine rings is 1. The summed E-state index contributed by atoms with van der Waals surface area (Å²) in [6, 6.07) is 8.18. The molecular formula is C19H23BrN2O2. The summed E-state index contributed by atoms with van der Waals surface area (Å²) in [5.41, 5.74) is 0.545. The van der Waals surface area contributed by atoms with Gasteiger partial charge in [0, 0.05) is 35.2 Å². The largest absolute Gasteiger partial charge is 0.389 e. The summed E-state index contributed by atoms with van der Waals surface area (Å²) in [6.45, 7) is 1.75. The number of aliphatic hydroxyl groups is 1. The van der Waals surface area contributed by atoms with Crippen molar-refractivity contribution in [3.8, 4) is 0 Å². The molecule has 2 fully saturated rings. The molecule has 1 N–H and O–H groups in total. The van der Waals surface area contributed by atoms with Crippen LogP contribution in [0.25, 0.3) is 10.9 Å². The zero-order valence-electron chi connectivity index (χ0n) is 13.7. The number of aromatic nitrogens is 1. The summed E-state index contributed by atoms with van der Waals surface area (Å²) < 4.78 is 3.04. The van der Waals surface area contributed by atoms with Gasteiger partial charge in [-0.2, -0.15) is 0 Å². The molecule has 2 atom stereocenters. The Morgan fingerprint density at radius 2 is 2.17 bits per heavy atom. The van der Waals surface area contributed by atoms with Crippen molar-refractivity contribution in [1.82, 2.24) is 9.47 Å². The Balaban J connectivity index is 1.49. The van der Waals surface area contributed by atoms with Crippen LogP contribution in [0, 0.1) is 5.92 Å². The fraction of sp³-hybridized carbons (Fsp3) is 0.526. The first-order valence-electron chi connectivity index (χ1n) is 8.80. The second-order valence-corrected chi connectivity index (χ2v) is 8.20. The van der Waals surface area contributed by atoms with Crippen molar-refractivity contribution in [2.75, 3.05) is 13.1 Å². The van der Waals surface area contributed by atoms with E-state index in [1.165, 1.54) is 6.42 Å². The van der Waals surface area contributed by atoms with Gasteiger partial charge in [-0.1, -0.05) is 34.8 Å². The van der Waals surface area contributed by atoms with E-state index < -0.39 is 5.60 Å². The third-order valence-corrected chi connectivity index (χ3v) is 6.32. The fourth-order valence-electron chi connectivity index (χ4n) is 4.34. The van der Waals surface area contributed by atoms with Crippen molar-refractivity contribution >= 4 is 32.7 Å². The van der Waals surface area contributed by atoms with E-state index >= 15 is 0 Å². The molecule has 4 rings (SSSR count). The molecule has 0 spiro atoms. The van der Waals surface area contributed by atoms with Crippen LogP contribution in [0.5, 0.6) is 0 Å². The molecule has 2 heterocycles. The highest BCUT2D eigenvalue weighted by molar-refractivity contribution is 9.10. The zero-order valence-corrected chi connectivity index (χ0v) is 15.3. The second kappa shape index (κ2) is 6.19. The fourth-order valence-corrected chi connectivity index (χ4v) is 4.69. The molecule has 0 radical (unpaired) electrons. The highest BCUT2D eigenvalue weighted by Crippen LogP contribution is 2.39. The van der Waals surface area contributed by atoms with Crippen molar-refractivity contribution in [1.29, 1.82) is 0 Å². The van der Waals surface area contributed by atoms with E-state index in [-0.39, 0.29) is 11.8 Å². The van der Waals surface area contributed by atoms with Gasteiger partial charge in [-0.05, 0) is 42.8 Å². The molecule has 1 amide bonds. The van der Waals surface area contributed by atoms with Crippen LogP contribution in [0.4, 0.5) is 0 Å². The molecule has 1 aliphatic heterocycles. The summed E-state index contributed by atoms with van der Waals surface area (Å²) in [6.07, 6.45) is 6.93. The molecule has 128 valence electrons. The van der Waals surface area contributed by atoms with Crippen molar-refractivity contribution in [2.24, 2.45) is 5.92 Å². The Bertz CT molecular complexity index is 772. The maximum absolute atomic E-state index is 12.8. The Labute approximate surface area is 150 Å². The molecule has 1 saturated heterocycles. The average Bonchev–Trinajstić information content (AvgIpc) is 2.96. The van der Waals surface area contributed by atoms with E-state index in [9.17, 15) is 9.90 Å². The summed E-state index contributed by atoms with van der Waals surface area (Å²) >= 11 is 3.50. The van der Waals surface area contributed by atoms with Crippen molar-refractivity contribution in [2.45, 2.75) is 44.2 Å². The highest BCUT2D eigenvalue weighted by atomic mass is 79.9. The van der Waals surface area contributed by atoms with Gasteiger partial charge in [0.15, 0.2) is 0 Å². The lowest BCUT2D eigenvalue weighted by Crippen LogP contribution is -2.55. The number of carbonyl (C=O) groups excluding carboxylic acids is 1. The van der Waals surface area contributed by atoms with Crippen LogP contribution in [-0.4, -0.2) is 39.2 Å². The first-order valence-corrected chi connectivity index (χ1v) is 9.59. The van der Waals surface area contributed by atoms with Crippen molar-refractivity contribution in [3.05, 3.63) is 34.9 Å². The number of halogens is 1. The smallest absolute Gasteiger partial charge is 0.242 e. The van der Waals surface area contributed by atoms with Gasteiger partial charge >= 0.3 is 0 Å². The van der Waals surface area contributed by atoms with Crippen molar-refractivity contribution < 1.29 is 9.90 Å². The molecule has 0 bridgehead atoms. The summed E-state index contributed by atoms with van der Waals surface area (Å²) in [4.78, 5) is 14.7. The molecule has 2 aliphatic rings. The maximum atomic E-state index is 12.8. The number of likely N-dealkylation sites (tertiary alicyclic amines) is 1. The van der Waals surface area contributed by atoms with Gasteiger partial charge < -0.3 is 14.6 Å². The number of carbonyl (C=O) groups is 1. The molecular weight excluding hydrogens is 368 g/mol. The number of rotatable bonds is 2. The third kappa shape index (κ3) is 2.88. The molecule has 24 heavy (non-hydrogen) atoms. The minimum atomic E-state index is -0.528. The van der Waals surface area contributed by atoms with Crippen LogP contribution in [0.2, 0.25) is 0 Å². The van der Waals surface area contributed by atoms with Gasteiger partial charge in [0.05, 0.1) is 5.60 Å². The van der Waals surface area contributed by atoms with E-state index in [0.29, 0.717) is 19.6 Å². The monoisotopic (exact) mass is 390 g/mol. The maximum Gasteiger partial charge on any atom is 0.242 e. The molecule has 1 saturated carbocycles. The number of benzene rings is 1. The van der Waals surface area contributed by atoms with Crippen LogP contribution in [0.3, 0.4) is 0 Å². The van der Waals surface area contributed by atoms with Gasteiger partial charge in [0.1, 0.15) is 6.54 Å². The second-order valence-electron chi connectivity index (χ2n) is 7.28. The number of hydrogen-bond donors (Lipinski definition) is 1. The molecule has 1 aromatic carbocycles. The minimum absolute atomic E-state index is 0.153. The molecule has 4 nitrogen and oxygen atoms in total. The van der Waals surface area contributed by atoms with Gasteiger partial charge in [0.2, 0.25) is 5.91 Å². The third-order valence-electron chi connectivity index (χ3n) is 5.82. The number of amides is 1. The predicted molar refractivity (Wildman–Crippen MR) is 97.7 cm³/mol. The molecule has 1 aliphatic carbocycles. The summed E-state index contributed by atoms with van der Waals surface area (Å²) in [5.74, 6) is 0.402. The lowest BCUT2D eigenvalue weighted by molar-refractivity contribution is -0.143. The normalized spacial score (nSPS) is 27.2. The lowest BCUT2D eigenvalue weighted by Gasteiger charge is -2.47. The van der Waals surface area contributed by atoms with Crippen LogP contribution in [0.15, 0.2) is 34.9 Å². The Hall–Kier alpha value is -1.33. The lowest BCUT2D eigenvalue weighted by atomic mass is 9.71. The zero-order chi connectivity index (χ0) is 16.7. The van der Waals surface area contributed by atoms with E-state index in [2.05, 4.69) is 28.1 Å². The molecule has 2 aromatic rings. The quantitative estimate of drug-likeness (QED) is 0.851. The Kier molecular flexibility index (Phi) is 4.17. The number of fused-ring (bicyclic) bond motifs is 2. The van der Waals surface area contributed by atoms with Gasteiger partial charge in [-0.25, -0.2) is 0 Å². The van der Waals surface area contributed by atoms with E-state index in [4.69, 9.17) is 0 Å². The van der Waals surface area contributed by atoms with Crippen LogP contribution in [-0.2, 0) is 11.3 Å². The average molecular weight is 391 g/mol. The standard InChI is InChI=1S/C19H23BrN2O2/c20-16-5-4-14-6-9-21(17(14)11-16)13-18(23)22-10-8-19(24)7-2-1-3-15(19)12-22/h4-6,9,11,15,24H,1-3,7-8,10,12-13H2/t15-,19+/m1/s1. The van der Waals surface area contributed by atoms with Crippen LogP contribution < -0.4 is 0 Å². The Morgan fingerprint density at radius 3 is 3.04 bits per heavy atom. The SMILES string of the molecule is O=C(Cn1ccc2ccc(Br)cc21)N1CC[C@@]2(O)CCCC[C@@H]2C1. The van der Waals surface area contributed by atoms with Gasteiger partial charge in [0.25, 0.3) is 0 Å². The topological polar surface area (TPSA) is 45.5 Å². The Morgan fingerprint density at radius 1 is 1.29 bits per heavy atom. The van der Waals surface area contributed by atoms with E-state index in [1.54, 1.807) is 0 Å². The first-order chi connectivity index (χ1) is 11.5. The van der Waals surface area contributed by atoms with E-state index in [0.717, 1.165) is 41.1 Å². The van der Waals surface area contributed by atoms with Gasteiger partial charge in [-0.3, -0.25) is 4.79 Å². The first kappa shape index (κ1) is 16.2.